The first kappa shape index (κ1) is 34.5. The van der Waals surface area contributed by atoms with Gasteiger partial charge >= 0.3 is 12.1 Å². The first-order valence-corrected chi connectivity index (χ1v) is 16.9. The number of benzene rings is 2. The molecule has 0 N–H and O–H groups in total. The lowest BCUT2D eigenvalue weighted by Gasteiger charge is -2.46. The first-order valence-electron chi connectivity index (χ1n) is 16.9. The van der Waals surface area contributed by atoms with Crippen molar-refractivity contribution in [1.29, 1.82) is 0 Å². The lowest BCUT2D eigenvalue weighted by Crippen LogP contribution is -2.55. The summed E-state index contributed by atoms with van der Waals surface area (Å²) in [5.41, 5.74) is -0.0260. The zero-order valence-corrected chi connectivity index (χ0v) is 29.4. The van der Waals surface area contributed by atoms with Gasteiger partial charge in [-0.05, 0) is 87.4 Å². The van der Waals surface area contributed by atoms with Crippen molar-refractivity contribution in [2.75, 3.05) is 46.0 Å². The molecule has 1 aliphatic carbocycles. The van der Waals surface area contributed by atoms with Gasteiger partial charge in [0.1, 0.15) is 34.2 Å². The van der Waals surface area contributed by atoms with E-state index < -0.39 is 11.4 Å². The number of halogens is 2. The molecule has 1 amide bonds. The van der Waals surface area contributed by atoms with Crippen LogP contribution in [0, 0.1) is 17.0 Å². The van der Waals surface area contributed by atoms with Gasteiger partial charge in [0.2, 0.25) is 0 Å². The van der Waals surface area contributed by atoms with E-state index in [0.717, 1.165) is 32.1 Å². The molecule has 6 rings (SSSR count). The monoisotopic (exact) mass is 677 g/mol. The molecule has 49 heavy (non-hydrogen) atoms. The molecule has 1 aliphatic heterocycles. The third-order valence-corrected chi connectivity index (χ3v) is 9.59. The van der Waals surface area contributed by atoms with E-state index in [9.17, 15) is 4.79 Å². The van der Waals surface area contributed by atoms with E-state index in [1.165, 1.54) is 19.4 Å². The van der Waals surface area contributed by atoms with Crippen LogP contribution in [0.1, 0.15) is 65.4 Å². The highest BCUT2D eigenvalue weighted by Crippen LogP contribution is 2.48. The lowest BCUT2D eigenvalue weighted by atomic mass is 9.75. The summed E-state index contributed by atoms with van der Waals surface area (Å²) in [6.07, 6.45) is 6.04. The van der Waals surface area contributed by atoms with Gasteiger partial charge in [-0.1, -0.05) is 19.4 Å². The second-order valence-electron chi connectivity index (χ2n) is 14.2. The van der Waals surface area contributed by atoms with Crippen molar-refractivity contribution in [2.24, 2.45) is 5.41 Å². The number of methoxy groups -OCH3 is 1. The number of hydrogen-bond acceptors (Lipinski definition) is 9. The number of amides is 1. The van der Waals surface area contributed by atoms with Crippen molar-refractivity contribution in [3.05, 3.63) is 47.7 Å². The molecule has 1 saturated carbocycles. The number of hydrogen-bond donors (Lipinski definition) is 0. The fourth-order valence-electron chi connectivity index (χ4n) is 7.49. The number of aryl methyl sites for hydroxylation is 1. The second kappa shape index (κ2) is 13.5. The van der Waals surface area contributed by atoms with Crippen molar-refractivity contribution >= 4 is 33.6 Å². The summed E-state index contributed by atoms with van der Waals surface area (Å²) >= 11 is 0. The van der Waals surface area contributed by atoms with Gasteiger partial charge in [-0.15, -0.1) is 0 Å². The number of aromatic nitrogens is 3. The standard InChI is InChI=1S/C37H45F2N5O5/c1-8-24-27(38)13-12-22-17-23(48-21-46-7)18-25(29(22)24)31-30(39)32-26(19-40-31)33(43(5)6)42-34(41-32)47-20-37-14-9-11-28(37)44(16-10-15-37)35(45)49-36(2,3)4/h12-13,17-19,28H,8-11,14-16,20-21H2,1-7H3/t28-,37-/m1/s1. The molecule has 12 heteroatoms. The summed E-state index contributed by atoms with van der Waals surface area (Å²) < 4.78 is 54.9. The molecule has 10 nitrogen and oxygen atoms in total. The van der Waals surface area contributed by atoms with Gasteiger partial charge in [-0.2, -0.15) is 9.97 Å². The SMILES string of the molecule is CCc1c(F)ccc2cc(OCOC)cc(-c3ncc4c(N(C)C)nc(OC[C@]56CCC[C@H]5N(C(=O)OC(C)(C)C)CCC6)nc4c3F)c12. The highest BCUT2D eigenvalue weighted by Gasteiger charge is 2.50. The van der Waals surface area contributed by atoms with Crippen molar-refractivity contribution in [2.45, 2.75) is 77.9 Å². The van der Waals surface area contributed by atoms with Gasteiger partial charge in [0.05, 0.1) is 12.0 Å². The minimum absolute atomic E-state index is 0.00440. The molecule has 0 unspecified atom stereocenters. The third-order valence-electron chi connectivity index (χ3n) is 9.59. The Hall–Kier alpha value is -4.32. The average molecular weight is 678 g/mol. The number of ether oxygens (including phenoxy) is 4. The van der Waals surface area contributed by atoms with E-state index in [4.69, 9.17) is 18.9 Å². The zero-order valence-electron chi connectivity index (χ0n) is 29.4. The normalized spacial score (nSPS) is 19.3. The van der Waals surface area contributed by atoms with Crippen molar-refractivity contribution in [3.63, 3.8) is 0 Å². The Morgan fingerprint density at radius 3 is 2.59 bits per heavy atom. The lowest BCUT2D eigenvalue weighted by molar-refractivity contribution is -0.0282. The van der Waals surface area contributed by atoms with Crippen LogP contribution in [0.3, 0.4) is 0 Å². The zero-order chi connectivity index (χ0) is 35.1. The van der Waals surface area contributed by atoms with Gasteiger partial charge in [0, 0.05) is 51.0 Å². The predicted molar refractivity (Wildman–Crippen MR) is 184 cm³/mol. The maximum absolute atomic E-state index is 16.9. The Labute approximate surface area is 285 Å². The molecule has 2 atom stereocenters. The largest absolute Gasteiger partial charge is 0.468 e. The van der Waals surface area contributed by atoms with Gasteiger partial charge in [-0.3, -0.25) is 4.98 Å². The van der Waals surface area contributed by atoms with Gasteiger partial charge in [-0.25, -0.2) is 13.6 Å². The summed E-state index contributed by atoms with van der Waals surface area (Å²) in [5.74, 6) is -0.193. The van der Waals surface area contributed by atoms with Crippen LogP contribution in [0.5, 0.6) is 11.8 Å². The number of fused-ring (bicyclic) bond motifs is 3. The Bertz CT molecular complexity index is 1880. The fraction of sp³-hybridized carbons (Fsp3) is 0.514. The van der Waals surface area contributed by atoms with Crippen LogP contribution in [-0.2, 0) is 15.9 Å². The van der Waals surface area contributed by atoms with Gasteiger partial charge in [0.25, 0.3) is 0 Å². The van der Waals surface area contributed by atoms with Crippen LogP contribution >= 0.6 is 0 Å². The quantitative estimate of drug-likeness (QED) is 0.165. The van der Waals surface area contributed by atoms with Crippen molar-refractivity contribution in [1.82, 2.24) is 19.9 Å². The average Bonchev–Trinajstić information content (AvgIpc) is 3.50. The molecular weight excluding hydrogens is 632 g/mol. The molecule has 2 aromatic carbocycles. The maximum Gasteiger partial charge on any atom is 0.410 e. The molecule has 0 spiro atoms. The number of carbonyl (C=O) groups excluding carboxylic acids is 1. The van der Waals surface area contributed by atoms with Crippen molar-refractivity contribution < 1.29 is 32.5 Å². The molecular formula is C37H45F2N5O5. The Morgan fingerprint density at radius 1 is 1.10 bits per heavy atom. The van der Waals surface area contributed by atoms with Crippen LogP contribution in [0.2, 0.25) is 0 Å². The molecule has 3 heterocycles. The number of nitrogens with zero attached hydrogens (tertiary/aromatic N) is 5. The summed E-state index contributed by atoms with van der Waals surface area (Å²) in [7, 11) is 5.13. The summed E-state index contributed by atoms with van der Waals surface area (Å²) in [6, 6.07) is 6.48. The Morgan fingerprint density at radius 2 is 1.88 bits per heavy atom. The first-order chi connectivity index (χ1) is 23.4. The van der Waals surface area contributed by atoms with E-state index in [1.54, 1.807) is 23.1 Å². The molecule has 0 bridgehead atoms. The smallest absolute Gasteiger partial charge is 0.410 e. The maximum atomic E-state index is 16.9. The molecule has 4 aromatic rings. The molecule has 1 saturated heterocycles. The summed E-state index contributed by atoms with van der Waals surface area (Å²) in [5, 5.41) is 1.64. The van der Waals surface area contributed by atoms with Gasteiger partial charge < -0.3 is 28.7 Å². The number of carbonyl (C=O) groups is 1. The fourth-order valence-corrected chi connectivity index (χ4v) is 7.49. The summed E-state index contributed by atoms with van der Waals surface area (Å²) in [4.78, 5) is 30.7. The number of pyridine rings is 1. The van der Waals surface area contributed by atoms with E-state index in [2.05, 4.69) is 15.0 Å². The highest BCUT2D eigenvalue weighted by atomic mass is 19.1. The topological polar surface area (TPSA) is 99.1 Å². The van der Waals surface area contributed by atoms with E-state index in [0.29, 0.717) is 51.8 Å². The van der Waals surface area contributed by atoms with Gasteiger partial charge in [0.15, 0.2) is 12.6 Å². The van der Waals surface area contributed by atoms with E-state index >= 15 is 8.78 Å². The molecule has 262 valence electrons. The number of piperidine rings is 1. The molecule has 2 aromatic heterocycles. The van der Waals surface area contributed by atoms with Crippen molar-refractivity contribution in [3.8, 4) is 23.0 Å². The van der Waals surface area contributed by atoms with Crippen LogP contribution in [0.4, 0.5) is 19.4 Å². The molecule has 2 aliphatic rings. The molecule has 0 radical (unpaired) electrons. The number of likely N-dealkylation sites (tertiary alicyclic amines) is 1. The molecule has 2 fully saturated rings. The number of anilines is 1. The Balaban J connectivity index is 1.41. The minimum Gasteiger partial charge on any atom is -0.468 e. The van der Waals surface area contributed by atoms with E-state index in [1.807, 2.05) is 46.7 Å². The van der Waals surface area contributed by atoms with Crippen LogP contribution in [0.25, 0.3) is 32.9 Å². The Kier molecular flexibility index (Phi) is 9.54. The van der Waals surface area contributed by atoms with Crippen LogP contribution in [-0.4, -0.2) is 78.7 Å². The predicted octanol–water partition coefficient (Wildman–Crippen LogP) is 7.68. The highest BCUT2D eigenvalue weighted by molar-refractivity contribution is 6.01. The number of rotatable bonds is 9. The third kappa shape index (κ3) is 6.67. The second-order valence-corrected chi connectivity index (χ2v) is 14.2. The van der Waals surface area contributed by atoms with Crippen LogP contribution < -0.4 is 14.4 Å². The van der Waals surface area contributed by atoms with Crippen LogP contribution in [0.15, 0.2) is 30.5 Å². The van der Waals surface area contributed by atoms with E-state index in [-0.39, 0.29) is 54.0 Å². The minimum atomic E-state index is -0.685. The summed E-state index contributed by atoms with van der Waals surface area (Å²) in [6.45, 7) is 8.36.